The number of para-hydroxylation sites is 1. The van der Waals surface area contributed by atoms with Gasteiger partial charge in [0.25, 0.3) is 9.68 Å². The number of aryl methyl sites for hydroxylation is 1. The summed E-state index contributed by atoms with van der Waals surface area (Å²) in [5.74, 6) is 0.313. The normalized spacial score (nSPS) is 10.6. The molecule has 0 fully saturated rings. The van der Waals surface area contributed by atoms with Crippen molar-refractivity contribution in [3.05, 3.63) is 41.6 Å². The van der Waals surface area contributed by atoms with Crippen LogP contribution in [0.3, 0.4) is 0 Å². The van der Waals surface area contributed by atoms with Gasteiger partial charge in [-0.25, -0.2) is 4.78 Å². The second kappa shape index (κ2) is 5.34. The van der Waals surface area contributed by atoms with Crippen molar-refractivity contribution in [1.82, 2.24) is 0 Å². The summed E-state index contributed by atoms with van der Waals surface area (Å²) < 4.78 is 3.88. The molecule has 1 aromatic carbocycles. The molecule has 1 aromatic rings. The Hall–Kier alpha value is -1.42. The summed E-state index contributed by atoms with van der Waals surface area (Å²) in [6.45, 7) is 5.83. The van der Waals surface area contributed by atoms with Crippen molar-refractivity contribution >= 4 is 9.68 Å². The number of phenols is 1. The van der Waals surface area contributed by atoms with E-state index in [0.717, 1.165) is 11.1 Å². The molecule has 72 valence electrons. The molecule has 0 aliphatic carbocycles. The molecule has 1 rings (SSSR count). The van der Waals surface area contributed by atoms with Gasteiger partial charge in [-0.15, -0.1) is 6.58 Å². The third-order valence-electron chi connectivity index (χ3n) is 1.78. The van der Waals surface area contributed by atoms with Gasteiger partial charge in [-0.1, -0.05) is 23.9 Å². The topological polar surface area (TPSA) is 45.0 Å². The molecule has 0 spiro atoms. The Morgan fingerprint density at radius 3 is 3.07 bits per heavy atom. The van der Waals surface area contributed by atoms with Crippen molar-refractivity contribution in [2.75, 3.05) is 0 Å². The Bertz CT molecular complexity index is 350. The lowest BCUT2D eigenvalue weighted by molar-refractivity contribution is 0.464. The van der Waals surface area contributed by atoms with E-state index in [4.69, 9.17) is 0 Å². The highest BCUT2D eigenvalue weighted by Crippen LogP contribution is 2.21. The average molecular weight is 204 g/mol. The number of hydrogen-bond acceptors (Lipinski definition) is 3. The molecule has 0 aromatic heterocycles. The quantitative estimate of drug-likeness (QED) is 0.594. The lowest BCUT2D eigenvalue weighted by atomic mass is 10.1. The van der Waals surface area contributed by atoms with Crippen LogP contribution in [0, 0.1) is 6.92 Å². The number of nitrogens with zero attached hydrogens (tertiary/aromatic N) is 2. The fourth-order valence-corrected chi connectivity index (χ4v) is 1.27. The molecule has 0 bridgehead atoms. The minimum atomic E-state index is 0.301. The molecule has 0 amide bonds. The molecule has 4 heteroatoms. The highest BCUT2D eigenvalue weighted by atomic mass is 28.2. The van der Waals surface area contributed by atoms with E-state index in [1.807, 2.05) is 25.1 Å². The SMILES string of the molecule is C=C[Si]N=NCc1cccc(C)c1O. The zero-order valence-corrected chi connectivity index (χ0v) is 9.07. The van der Waals surface area contributed by atoms with E-state index < -0.39 is 0 Å². The van der Waals surface area contributed by atoms with Gasteiger partial charge < -0.3 is 5.11 Å². The smallest absolute Gasteiger partial charge is 0.271 e. The fourth-order valence-electron chi connectivity index (χ4n) is 1.04. The maximum atomic E-state index is 9.63. The summed E-state index contributed by atoms with van der Waals surface area (Å²) in [5, 5.41) is 13.6. The molecule has 0 aliphatic heterocycles. The van der Waals surface area contributed by atoms with Crippen molar-refractivity contribution in [2.45, 2.75) is 13.5 Å². The minimum Gasteiger partial charge on any atom is -0.507 e. The molecule has 2 radical (unpaired) electrons. The minimum absolute atomic E-state index is 0.301. The van der Waals surface area contributed by atoms with Gasteiger partial charge in [-0.05, 0) is 12.5 Å². The van der Waals surface area contributed by atoms with Crippen molar-refractivity contribution in [3.63, 3.8) is 0 Å². The zero-order chi connectivity index (χ0) is 10.4. The van der Waals surface area contributed by atoms with Crippen LogP contribution >= 0.6 is 0 Å². The lowest BCUT2D eigenvalue weighted by Crippen LogP contribution is -1.85. The largest absolute Gasteiger partial charge is 0.507 e. The Balaban J connectivity index is 2.67. The second-order valence-corrected chi connectivity index (χ2v) is 3.68. The molecule has 0 saturated carbocycles. The van der Waals surface area contributed by atoms with Gasteiger partial charge in [0, 0.05) is 5.56 Å². The van der Waals surface area contributed by atoms with E-state index in [1.54, 1.807) is 5.70 Å². The van der Waals surface area contributed by atoms with E-state index in [9.17, 15) is 5.11 Å². The molecule has 0 aliphatic rings. The maximum absolute atomic E-state index is 9.63. The highest BCUT2D eigenvalue weighted by molar-refractivity contribution is 6.39. The lowest BCUT2D eigenvalue weighted by Gasteiger charge is -2.02. The Labute approximate surface area is 86.1 Å². The summed E-state index contributed by atoms with van der Waals surface area (Å²) in [4.78, 5) is 0. The predicted octanol–water partition coefficient (Wildman–Crippen LogP) is 2.42. The van der Waals surface area contributed by atoms with Crippen LogP contribution < -0.4 is 0 Å². The molecule has 1 N–H and O–H groups in total. The van der Waals surface area contributed by atoms with Crippen LogP contribution in [-0.2, 0) is 6.54 Å². The van der Waals surface area contributed by atoms with Crippen LogP contribution in [0.4, 0.5) is 0 Å². The van der Waals surface area contributed by atoms with E-state index in [0.29, 0.717) is 22.0 Å². The van der Waals surface area contributed by atoms with Crippen LogP contribution in [0.1, 0.15) is 11.1 Å². The maximum Gasteiger partial charge on any atom is 0.271 e. The molecule has 0 atom stereocenters. The summed E-state index contributed by atoms with van der Waals surface area (Å²) >= 11 is 0. The zero-order valence-electron chi connectivity index (χ0n) is 8.07. The van der Waals surface area contributed by atoms with Crippen molar-refractivity contribution in [2.24, 2.45) is 9.89 Å². The van der Waals surface area contributed by atoms with Crippen molar-refractivity contribution < 1.29 is 5.11 Å². The van der Waals surface area contributed by atoms with Crippen LogP contribution in [0.2, 0.25) is 0 Å². The number of benzene rings is 1. The molecule has 0 heterocycles. The summed E-state index contributed by atoms with van der Waals surface area (Å²) in [6, 6.07) is 5.61. The third-order valence-corrected chi connectivity index (χ3v) is 2.22. The Morgan fingerprint density at radius 1 is 1.57 bits per heavy atom. The number of hydrogen-bond donors (Lipinski definition) is 1. The first kappa shape index (κ1) is 10.7. The number of rotatable bonds is 4. The standard InChI is InChI=1S/C10H12N2OSi/c1-3-14-12-11-7-9-6-4-5-8(2)10(9)13/h3-6,13H,1,7H2,2H3. The molecule has 3 nitrogen and oxygen atoms in total. The highest BCUT2D eigenvalue weighted by Gasteiger charge is 2.01. The Kier molecular flexibility index (Phi) is 4.06. The van der Waals surface area contributed by atoms with E-state index in [1.165, 1.54) is 0 Å². The number of phenolic OH excluding ortho intramolecular Hbond substituents is 1. The van der Waals surface area contributed by atoms with Gasteiger partial charge in [0.2, 0.25) is 0 Å². The van der Waals surface area contributed by atoms with Crippen molar-refractivity contribution in [3.8, 4) is 5.75 Å². The first-order chi connectivity index (χ1) is 6.75. The molecule has 14 heavy (non-hydrogen) atoms. The summed E-state index contributed by atoms with van der Waals surface area (Å²) in [7, 11) is 0.301. The van der Waals surface area contributed by atoms with Crippen molar-refractivity contribution in [1.29, 1.82) is 0 Å². The van der Waals surface area contributed by atoms with Crippen LogP contribution in [-0.4, -0.2) is 14.8 Å². The number of aromatic hydroxyl groups is 1. The van der Waals surface area contributed by atoms with Crippen LogP contribution in [0.25, 0.3) is 0 Å². The molecule has 0 unspecified atom stereocenters. The summed E-state index contributed by atoms with van der Waals surface area (Å²) in [5.41, 5.74) is 3.38. The second-order valence-electron chi connectivity index (χ2n) is 2.82. The first-order valence-corrected chi connectivity index (χ1v) is 5.28. The van der Waals surface area contributed by atoms with E-state index in [2.05, 4.69) is 16.5 Å². The predicted molar refractivity (Wildman–Crippen MR) is 57.4 cm³/mol. The van der Waals surface area contributed by atoms with Gasteiger partial charge in [-0.3, -0.25) is 0 Å². The monoisotopic (exact) mass is 204 g/mol. The average Bonchev–Trinajstić information content (AvgIpc) is 2.19. The van der Waals surface area contributed by atoms with Gasteiger partial charge in [0.15, 0.2) is 0 Å². The molecular weight excluding hydrogens is 192 g/mol. The van der Waals surface area contributed by atoms with Gasteiger partial charge in [0.05, 0.1) is 6.54 Å². The third kappa shape index (κ3) is 2.81. The first-order valence-electron chi connectivity index (χ1n) is 4.26. The van der Waals surface area contributed by atoms with Gasteiger partial charge in [-0.2, -0.15) is 5.11 Å². The van der Waals surface area contributed by atoms with Gasteiger partial charge >= 0.3 is 0 Å². The van der Waals surface area contributed by atoms with Crippen LogP contribution in [0.15, 0.2) is 40.4 Å². The van der Waals surface area contributed by atoms with E-state index >= 15 is 0 Å². The fraction of sp³-hybridized carbons (Fsp3) is 0.200. The summed E-state index contributed by atoms with van der Waals surface area (Å²) in [6.07, 6.45) is 0. The van der Waals surface area contributed by atoms with Gasteiger partial charge in [0.1, 0.15) is 5.75 Å². The van der Waals surface area contributed by atoms with E-state index in [-0.39, 0.29) is 0 Å². The van der Waals surface area contributed by atoms with Crippen LogP contribution in [0.5, 0.6) is 5.75 Å². The molecular formula is C10H12N2OSi. The molecule has 0 saturated heterocycles. The Morgan fingerprint density at radius 2 is 2.36 bits per heavy atom.